The summed E-state index contributed by atoms with van der Waals surface area (Å²) in [7, 11) is 0. The minimum Gasteiger partial charge on any atom is -0.490 e. The predicted molar refractivity (Wildman–Crippen MR) is 131 cm³/mol. The van der Waals surface area contributed by atoms with E-state index in [1.54, 1.807) is 6.20 Å². The number of aromatic nitrogens is 2. The Labute approximate surface area is 200 Å². The van der Waals surface area contributed by atoms with Crippen LogP contribution < -0.4 is 4.90 Å². The first-order valence-electron chi connectivity index (χ1n) is 12.1. The van der Waals surface area contributed by atoms with Crippen LogP contribution in [0.3, 0.4) is 0 Å². The number of anilines is 1. The van der Waals surface area contributed by atoms with E-state index in [0.29, 0.717) is 5.70 Å². The van der Waals surface area contributed by atoms with Gasteiger partial charge in [-0.05, 0) is 57.0 Å². The van der Waals surface area contributed by atoms with Crippen LogP contribution in [0, 0.1) is 22.0 Å². The highest BCUT2D eigenvalue weighted by Gasteiger charge is 2.50. The lowest BCUT2D eigenvalue weighted by Crippen LogP contribution is -2.51. The highest BCUT2D eigenvalue weighted by atomic mass is 16.6. The molecular weight excluding hydrogens is 430 g/mol. The fourth-order valence-electron chi connectivity index (χ4n) is 5.89. The van der Waals surface area contributed by atoms with Crippen LogP contribution in [0.2, 0.25) is 0 Å². The molecule has 3 heterocycles. The second-order valence-electron chi connectivity index (χ2n) is 10.2. The zero-order valence-corrected chi connectivity index (χ0v) is 20.4. The lowest BCUT2D eigenvalue weighted by Gasteiger charge is -2.39. The molecule has 0 spiro atoms. The van der Waals surface area contributed by atoms with Crippen LogP contribution >= 0.6 is 0 Å². The quantitative estimate of drug-likeness (QED) is 0.487. The highest BCUT2D eigenvalue weighted by Crippen LogP contribution is 2.50. The monoisotopic (exact) mass is 463 g/mol. The van der Waals surface area contributed by atoms with Gasteiger partial charge in [-0.3, -0.25) is 15.0 Å². The van der Waals surface area contributed by atoms with Gasteiger partial charge >= 0.3 is 0 Å². The molecule has 0 N–H and O–H groups in total. The largest absolute Gasteiger partial charge is 0.490 e. The number of rotatable bonds is 5. The van der Waals surface area contributed by atoms with Crippen molar-refractivity contribution in [3.63, 3.8) is 0 Å². The minimum absolute atomic E-state index is 0.0874. The lowest BCUT2D eigenvalue weighted by molar-refractivity contribution is -0.436. The summed E-state index contributed by atoms with van der Waals surface area (Å²) < 4.78 is 8.56. The van der Waals surface area contributed by atoms with Crippen LogP contribution in [-0.2, 0) is 4.74 Å². The molecule has 34 heavy (non-hydrogen) atoms. The van der Waals surface area contributed by atoms with Crippen molar-refractivity contribution in [1.82, 2.24) is 14.5 Å². The summed E-state index contributed by atoms with van der Waals surface area (Å²) in [6.07, 6.45) is 6.36. The number of nitro groups is 1. The van der Waals surface area contributed by atoms with E-state index in [2.05, 4.69) is 46.0 Å². The third kappa shape index (κ3) is 4.00. The topological polar surface area (TPSA) is 76.7 Å². The van der Waals surface area contributed by atoms with Crippen molar-refractivity contribution >= 4 is 5.69 Å². The lowest BCUT2D eigenvalue weighted by atomic mass is 9.77. The van der Waals surface area contributed by atoms with Crippen LogP contribution in [0.4, 0.5) is 5.69 Å². The van der Waals surface area contributed by atoms with Gasteiger partial charge in [-0.2, -0.15) is 0 Å². The molecule has 5 rings (SSSR count). The van der Waals surface area contributed by atoms with Crippen molar-refractivity contribution < 1.29 is 9.66 Å². The van der Waals surface area contributed by atoms with Gasteiger partial charge in [0.05, 0.1) is 17.2 Å². The molecule has 3 aliphatic rings. The number of piperazine rings is 1. The number of fused-ring (bicyclic) bond motifs is 1. The average molecular weight is 464 g/mol. The molecule has 2 fully saturated rings. The van der Waals surface area contributed by atoms with Gasteiger partial charge in [0, 0.05) is 68.0 Å². The van der Waals surface area contributed by atoms with Gasteiger partial charge in [0.1, 0.15) is 11.4 Å². The van der Waals surface area contributed by atoms with Gasteiger partial charge in [-0.15, -0.1) is 0 Å². The van der Waals surface area contributed by atoms with Gasteiger partial charge in [-0.1, -0.05) is 6.92 Å². The molecule has 0 saturated carbocycles. The molecule has 3 atom stereocenters. The number of hydrogen-bond acceptors (Lipinski definition) is 6. The Kier molecular flexibility index (Phi) is 5.72. The van der Waals surface area contributed by atoms with Crippen LogP contribution in [0.5, 0.6) is 0 Å². The van der Waals surface area contributed by atoms with Crippen LogP contribution in [0.1, 0.15) is 34.1 Å². The standard InChI is InChI=1S/C26H33N5O3/c1-18-19(2)25-23(20(3)24(18)31(32)33)15-26(4,34-25)16-28-11-13-29(14-12-28)21-5-7-22(8-6-21)30-10-9-27-17-30/h5-10,17,20,23H,11-16H2,1-4H3. The van der Waals surface area contributed by atoms with Gasteiger partial charge < -0.3 is 14.2 Å². The summed E-state index contributed by atoms with van der Waals surface area (Å²) in [5.74, 6) is 0.928. The second kappa shape index (κ2) is 8.58. The van der Waals surface area contributed by atoms with Crippen LogP contribution in [0.15, 0.2) is 65.6 Å². The smallest absolute Gasteiger partial charge is 0.253 e. The summed E-state index contributed by atoms with van der Waals surface area (Å²) >= 11 is 0. The molecule has 1 aromatic carbocycles. The molecule has 0 radical (unpaired) electrons. The van der Waals surface area contributed by atoms with Crippen molar-refractivity contribution in [2.24, 2.45) is 11.8 Å². The maximum atomic E-state index is 11.7. The first-order chi connectivity index (χ1) is 16.3. The molecule has 2 aliphatic heterocycles. The van der Waals surface area contributed by atoms with E-state index in [4.69, 9.17) is 4.74 Å². The Morgan fingerprint density at radius 1 is 1.12 bits per heavy atom. The van der Waals surface area contributed by atoms with E-state index in [0.717, 1.165) is 61.7 Å². The third-order valence-electron chi connectivity index (χ3n) is 7.84. The first-order valence-corrected chi connectivity index (χ1v) is 12.1. The van der Waals surface area contributed by atoms with E-state index in [1.807, 2.05) is 37.9 Å². The van der Waals surface area contributed by atoms with Crippen molar-refractivity contribution in [1.29, 1.82) is 0 Å². The van der Waals surface area contributed by atoms with Crippen LogP contribution in [0.25, 0.3) is 5.69 Å². The Hall–Kier alpha value is -3.13. The maximum Gasteiger partial charge on any atom is 0.253 e. The molecule has 1 aliphatic carbocycles. The molecule has 2 saturated heterocycles. The van der Waals surface area contributed by atoms with E-state index in [9.17, 15) is 10.1 Å². The SMILES string of the molecule is CC1=C2OC(C)(CN3CCN(c4ccc(-n5ccnc5)cc4)CC3)CC2C(C)C([N+](=O)[O-])=C1C. The van der Waals surface area contributed by atoms with Crippen molar-refractivity contribution in [2.45, 2.75) is 39.7 Å². The minimum atomic E-state index is -0.323. The normalized spacial score (nSPS) is 27.7. The summed E-state index contributed by atoms with van der Waals surface area (Å²) in [5.41, 5.74) is 4.09. The molecule has 0 amide bonds. The van der Waals surface area contributed by atoms with E-state index >= 15 is 0 Å². The molecule has 180 valence electrons. The van der Waals surface area contributed by atoms with Crippen molar-refractivity contribution in [3.05, 3.63) is 75.7 Å². The van der Waals surface area contributed by atoms with Gasteiger partial charge in [0.2, 0.25) is 0 Å². The number of ether oxygens (including phenoxy) is 1. The summed E-state index contributed by atoms with van der Waals surface area (Å²) in [6.45, 7) is 12.7. The van der Waals surface area contributed by atoms with Gasteiger partial charge in [0.15, 0.2) is 0 Å². The molecule has 0 bridgehead atoms. The molecule has 8 nitrogen and oxygen atoms in total. The third-order valence-corrected chi connectivity index (χ3v) is 7.84. The number of imidazole rings is 1. The Morgan fingerprint density at radius 3 is 2.41 bits per heavy atom. The fraction of sp³-hybridized carbons (Fsp3) is 0.500. The van der Waals surface area contributed by atoms with Crippen LogP contribution in [-0.4, -0.2) is 57.7 Å². The Morgan fingerprint density at radius 2 is 1.79 bits per heavy atom. The summed E-state index contributed by atoms with van der Waals surface area (Å²) in [5, 5.41) is 11.7. The Balaban J connectivity index is 1.21. The number of allylic oxidation sites excluding steroid dienone is 4. The van der Waals surface area contributed by atoms with Crippen molar-refractivity contribution in [3.8, 4) is 5.69 Å². The highest BCUT2D eigenvalue weighted by molar-refractivity contribution is 5.51. The molecule has 2 aromatic rings. The number of nitrogens with zero attached hydrogens (tertiary/aromatic N) is 5. The summed E-state index contributed by atoms with van der Waals surface area (Å²) in [6, 6.07) is 8.61. The number of hydrogen-bond donors (Lipinski definition) is 0. The van der Waals surface area contributed by atoms with E-state index < -0.39 is 0 Å². The zero-order valence-electron chi connectivity index (χ0n) is 20.4. The predicted octanol–water partition coefficient (Wildman–Crippen LogP) is 4.26. The fourth-order valence-corrected chi connectivity index (χ4v) is 5.89. The summed E-state index contributed by atoms with van der Waals surface area (Å²) in [4.78, 5) is 20.5. The zero-order chi connectivity index (χ0) is 24.0. The molecule has 8 heteroatoms. The van der Waals surface area contributed by atoms with Gasteiger partial charge in [0.25, 0.3) is 5.70 Å². The first kappa shape index (κ1) is 22.7. The molecule has 3 unspecified atom stereocenters. The van der Waals surface area contributed by atoms with E-state index in [1.165, 1.54) is 5.69 Å². The number of benzene rings is 1. The van der Waals surface area contributed by atoms with E-state index in [-0.39, 0.29) is 22.4 Å². The Bertz CT molecular complexity index is 1130. The van der Waals surface area contributed by atoms with Crippen molar-refractivity contribution in [2.75, 3.05) is 37.6 Å². The maximum absolute atomic E-state index is 11.7. The molecule has 1 aromatic heterocycles. The average Bonchev–Trinajstić information content (AvgIpc) is 3.47. The molecular formula is C26H33N5O3. The van der Waals surface area contributed by atoms with Gasteiger partial charge in [-0.25, -0.2) is 4.98 Å². The second-order valence-corrected chi connectivity index (χ2v) is 10.2.